The number of amides is 1. The van der Waals surface area contributed by atoms with Crippen molar-refractivity contribution >= 4 is 11.7 Å². The Balaban J connectivity index is 1.20. The van der Waals surface area contributed by atoms with Gasteiger partial charge in [0, 0.05) is 25.2 Å². The molecule has 1 saturated heterocycles. The lowest BCUT2D eigenvalue weighted by molar-refractivity contribution is -0.125. The average molecular weight is 445 g/mol. The van der Waals surface area contributed by atoms with Crippen molar-refractivity contribution in [1.82, 2.24) is 15.5 Å². The number of piperidine rings is 1. The number of anilines is 1. The molecule has 170 valence electrons. The molecule has 1 aromatic heterocycles. The fourth-order valence-electron chi connectivity index (χ4n) is 4.33. The average Bonchev–Trinajstić information content (AvgIpc) is 3.32. The highest BCUT2D eigenvalue weighted by Crippen LogP contribution is 2.32. The molecule has 7 nitrogen and oxygen atoms in total. The number of hydrogen-bond acceptors (Lipinski definition) is 6. The van der Waals surface area contributed by atoms with Crippen LogP contribution in [0.25, 0.3) is 11.3 Å². The molecule has 33 heavy (non-hydrogen) atoms. The highest BCUT2D eigenvalue weighted by Gasteiger charge is 2.27. The maximum atomic E-state index is 12.9. The lowest BCUT2D eigenvalue weighted by Crippen LogP contribution is -2.43. The summed E-state index contributed by atoms with van der Waals surface area (Å²) in [5.74, 6) is 2.29. The molecule has 2 aliphatic heterocycles. The van der Waals surface area contributed by atoms with Gasteiger partial charge in [0.05, 0.1) is 11.6 Å². The quantitative estimate of drug-likeness (QED) is 0.641. The number of fused-ring (bicyclic) bond motifs is 1. The van der Waals surface area contributed by atoms with E-state index in [1.807, 2.05) is 30.3 Å². The van der Waals surface area contributed by atoms with Crippen LogP contribution in [-0.4, -0.2) is 36.0 Å². The molecule has 2 aliphatic rings. The largest absolute Gasteiger partial charge is 0.454 e. The van der Waals surface area contributed by atoms with Gasteiger partial charge in [-0.1, -0.05) is 18.2 Å². The first-order valence-corrected chi connectivity index (χ1v) is 11.4. The van der Waals surface area contributed by atoms with E-state index in [0.717, 1.165) is 53.5 Å². The zero-order chi connectivity index (χ0) is 22.8. The molecular weight excluding hydrogens is 416 g/mol. The first-order chi connectivity index (χ1) is 16.1. The van der Waals surface area contributed by atoms with E-state index in [4.69, 9.17) is 9.47 Å². The molecule has 3 aromatic rings. The van der Waals surface area contributed by atoms with E-state index in [1.165, 1.54) is 11.1 Å². The number of aryl methyl sites for hydroxylation is 2. The molecule has 1 amide bonds. The number of benzene rings is 2. The monoisotopic (exact) mass is 444 g/mol. The van der Waals surface area contributed by atoms with Crippen LogP contribution < -0.4 is 19.7 Å². The van der Waals surface area contributed by atoms with Crippen LogP contribution in [0.15, 0.2) is 48.5 Å². The van der Waals surface area contributed by atoms with Crippen LogP contribution in [0.1, 0.15) is 29.5 Å². The minimum absolute atomic E-state index is 0.0667. The number of carbonyl (C=O) groups excluding carboxylic acids is 1. The van der Waals surface area contributed by atoms with Crippen LogP contribution in [0.4, 0.5) is 5.82 Å². The van der Waals surface area contributed by atoms with E-state index >= 15 is 0 Å². The molecule has 1 unspecified atom stereocenters. The third-order valence-electron chi connectivity index (χ3n) is 6.47. The predicted octanol–water partition coefficient (Wildman–Crippen LogP) is 4.02. The van der Waals surface area contributed by atoms with Crippen molar-refractivity contribution in [2.24, 2.45) is 5.92 Å². The highest BCUT2D eigenvalue weighted by molar-refractivity contribution is 5.79. The Hall–Kier alpha value is -3.61. The summed E-state index contributed by atoms with van der Waals surface area (Å²) in [6, 6.07) is 16.1. The van der Waals surface area contributed by atoms with Crippen molar-refractivity contribution in [2.45, 2.75) is 33.2 Å². The predicted molar refractivity (Wildman–Crippen MR) is 126 cm³/mol. The fraction of sp³-hybridized carbons (Fsp3) is 0.346. The summed E-state index contributed by atoms with van der Waals surface area (Å²) in [5.41, 5.74) is 5.42. The third kappa shape index (κ3) is 4.62. The third-order valence-corrected chi connectivity index (χ3v) is 6.47. The molecule has 2 aromatic carbocycles. The normalized spacial score (nSPS) is 17.2. The number of nitrogens with zero attached hydrogens (tertiary/aromatic N) is 3. The number of hydrogen-bond donors (Lipinski definition) is 1. The molecule has 1 N–H and O–H groups in total. The number of rotatable bonds is 5. The second-order valence-electron chi connectivity index (χ2n) is 8.77. The molecule has 0 radical (unpaired) electrons. The van der Waals surface area contributed by atoms with Crippen molar-refractivity contribution in [3.63, 3.8) is 0 Å². The molecule has 5 rings (SSSR count). The molecule has 3 heterocycles. The second kappa shape index (κ2) is 9.10. The van der Waals surface area contributed by atoms with Gasteiger partial charge >= 0.3 is 0 Å². The lowest BCUT2D eigenvalue weighted by Gasteiger charge is -2.32. The maximum Gasteiger partial charge on any atom is 0.231 e. The summed E-state index contributed by atoms with van der Waals surface area (Å²) in [7, 11) is 0. The first-order valence-electron chi connectivity index (χ1n) is 11.4. The summed E-state index contributed by atoms with van der Waals surface area (Å²) in [5, 5.41) is 12.0. The van der Waals surface area contributed by atoms with Crippen LogP contribution in [0.2, 0.25) is 0 Å². The number of ether oxygens (including phenoxy) is 2. The van der Waals surface area contributed by atoms with Gasteiger partial charge < -0.3 is 19.7 Å². The van der Waals surface area contributed by atoms with Gasteiger partial charge in [-0.2, -0.15) is 0 Å². The van der Waals surface area contributed by atoms with E-state index < -0.39 is 0 Å². The van der Waals surface area contributed by atoms with Gasteiger partial charge in [-0.25, -0.2) is 0 Å². The highest BCUT2D eigenvalue weighted by atomic mass is 16.7. The van der Waals surface area contributed by atoms with Crippen molar-refractivity contribution < 1.29 is 14.3 Å². The van der Waals surface area contributed by atoms with Gasteiger partial charge in [0.15, 0.2) is 17.3 Å². The summed E-state index contributed by atoms with van der Waals surface area (Å²) in [4.78, 5) is 15.0. The Morgan fingerprint density at radius 1 is 1.03 bits per heavy atom. The Labute approximate surface area is 193 Å². The Morgan fingerprint density at radius 3 is 2.73 bits per heavy atom. The number of nitrogens with one attached hydrogen (secondary N) is 1. The van der Waals surface area contributed by atoms with Gasteiger partial charge in [0.1, 0.15) is 0 Å². The zero-order valence-electron chi connectivity index (χ0n) is 19.0. The standard InChI is InChI=1S/C26H28N4O3/c1-17-5-7-20(12-18(17)2)22-8-10-25(29-28-22)30-11-3-4-21(15-30)26(31)27-14-19-6-9-23-24(13-19)33-16-32-23/h5-10,12-13,21H,3-4,11,14-16H2,1-2H3,(H,27,31). The van der Waals surface area contributed by atoms with Crippen LogP contribution in [-0.2, 0) is 11.3 Å². The Kier molecular flexibility index (Phi) is 5.86. The van der Waals surface area contributed by atoms with Crippen LogP contribution >= 0.6 is 0 Å². The summed E-state index contributed by atoms with van der Waals surface area (Å²) < 4.78 is 10.8. The molecule has 1 fully saturated rings. The van der Waals surface area contributed by atoms with Crippen LogP contribution in [0.5, 0.6) is 11.5 Å². The van der Waals surface area contributed by atoms with Gasteiger partial charge in [0.25, 0.3) is 0 Å². The van der Waals surface area contributed by atoms with Crippen LogP contribution in [0, 0.1) is 19.8 Å². The Morgan fingerprint density at radius 2 is 1.91 bits per heavy atom. The van der Waals surface area contributed by atoms with E-state index in [2.05, 4.69) is 52.5 Å². The van der Waals surface area contributed by atoms with Gasteiger partial charge in [-0.3, -0.25) is 4.79 Å². The molecule has 0 aliphatic carbocycles. The smallest absolute Gasteiger partial charge is 0.231 e. The Bertz CT molecular complexity index is 1160. The SMILES string of the molecule is Cc1ccc(-c2ccc(N3CCCC(C(=O)NCc4ccc5c(c4)OCO5)C3)nn2)cc1C. The molecule has 0 saturated carbocycles. The van der Waals surface area contributed by atoms with E-state index in [9.17, 15) is 4.79 Å². The van der Waals surface area contributed by atoms with Crippen molar-refractivity contribution in [2.75, 3.05) is 24.8 Å². The summed E-state index contributed by atoms with van der Waals surface area (Å²) in [6.45, 7) is 6.44. The molecule has 0 bridgehead atoms. The van der Waals surface area contributed by atoms with Gasteiger partial charge in [-0.15, -0.1) is 10.2 Å². The first kappa shape index (κ1) is 21.2. The fourth-order valence-corrected chi connectivity index (χ4v) is 4.33. The van der Waals surface area contributed by atoms with E-state index in [1.54, 1.807) is 0 Å². The molecule has 0 spiro atoms. The van der Waals surface area contributed by atoms with E-state index in [-0.39, 0.29) is 18.6 Å². The van der Waals surface area contributed by atoms with Crippen molar-refractivity contribution in [1.29, 1.82) is 0 Å². The van der Waals surface area contributed by atoms with Crippen molar-refractivity contribution in [3.8, 4) is 22.8 Å². The van der Waals surface area contributed by atoms with Gasteiger partial charge in [-0.05, 0) is 73.7 Å². The number of aromatic nitrogens is 2. The molecule has 1 atom stereocenters. The maximum absolute atomic E-state index is 12.9. The minimum Gasteiger partial charge on any atom is -0.454 e. The minimum atomic E-state index is -0.0750. The lowest BCUT2D eigenvalue weighted by atomic mass is 9.97. The summed E-state index contributed by atoms with van der Waals surface area (Å²) in [6.07, 6.45) is 1.82. The van der Waals surface area contributed by atoms with Crippen molar-refractivity contribution in [3.05, 3.63) is 65.2 Å². The van der Waals surface area contributed by atoms with Gasteiger partial charge in [0.2, 0.25) is 12.7 Å². The van der Waals surface area contributed by atoms with E-state index in [0.29, 0.717) is 13.1 Å². The summed E-state index contributed by atoms with van der Waals surface area (Å²) >= 11 is 0. The van der Waals surface area contributed by atoms with Crippen LogP contribution in [0.3, 0.4) is 0 Å². The topological polar surface area (TPSA) is 76.6 Å². The second-order valence-corrected chi connectivity index (χ2v) is 8.77. The number of carbonyl (C=O) groups is 1. The molecular formula is C26H28N4O3. The zero-order valence-corrected chi connectivity index (χ0v) is 19.0. The molecule has 7 heteroatoms.